The third-order valence-corrected chi connectivity index (χ3v) is 2.03. The Kier molecular flexibility index (Phi) is 1.70. The average molecular weight is 162 g/mol. The molecule has 0 bridgehead atoms. The number of ketones is 1. The Balaban J connectivity index is 2.16. The predicted molar refractivity (Wildman–Crippen MR) is 45.1 cm³/mol. The Hall–Kier alpha value is -1.15. The van der Waals surface area contributed by atoms with Crippen LogP contribution in [0.3, 0.4) is 0 Å². The third-order valence-electron chi connectivity index (χ3n) is 2.03. The molecule has 0 unspecified atom stereocenters. The van der Waals surface area contributed by atoms with Crippen molar-refractivity contribution >= 4 is 5.78 Å². The summed E-state index contributed by atoms with van der Waals surface area (Å²) >= 11 is 0. The largest absolute Gasteiger partial charge is 0.361 e. The van der Waals surface area contributed by atoms with Gasteiger partial charge >= 0.3 is 0 Å². The lowest BCUT2D eigenvalue weighted by atomic mass is 10.1. The molecule has 1 fully saturated rings. The summed E-state index contributed by atoms with van der Waals surface area (Å²) in [6, 6.07) is 9.25. The Morgan fingerprint density at radius 1 is 1.33 bits per heavy atom. The lowest BCUT2D eigenvalue weighted by Crippen LogP contribution is -2.08. The number of rotatable bonds is 2. The molecule has 0 aromatic heterocycles. The number of carbonyl (C=O) groups excluding carboxylic acids is 1. The zero-order chi connectivity index (χ0) is 8.55. The maximum atomic E-state index is 11.5. The molecule has 1 aromatic rings. The number of benzene rings is 1. The van der Waals surface area contributed by atoms with Crippen molar-refractivity contribution in [2.24, 2.45) is 0 Å². The molecule has 62 valence electrons. The first-order valence-electron chi connectivity index (χ1n) is 4.04. The van der Waals surface area contributed by atoms with E-state index in [2.05, 4.69) is 0 Å². The Morgan fingerprint density at radius 3 is 2.42 bits per heavy atom. The van der Waals surface area contributed by atoms with E-state index in [-0.39, 0.29) is 18.0 Å². The first-order chi connectivity index (χ1) is 5.79. The summed E-state index contributed by atoms with van der Waals surface area (Å²) in [5, 5.41) is 0. The number of hydrogen-bond acceptors (Lipinski definition) is 2. The second-order valence-corrected chi connectivity index (χ2v) is 2.99. The van der Waals surface area contributed by atoms with E-state index in [4.69, 9.17) is 4.74 Å². The normalized spacial score (nSPS) is 26.8. The van der Waals surface area contributed by atoms with Crippen LogP contribution in [-0.2, 0) is 4.74 Å². The molecule has 2 atom stereocenters. The van der Waals surface area contributed by atoms with E-state index in [9.17, 15) is 4.79 Å². The molecule has 0 radical (unpaired) electrons. The summed E-state index contributed by atoms with van der Waals surface area (Å²) in [6.45, 7) is 1.91. The third kappa shape index (κ3) is 1.25. The van der Waals surface area contributed by atoms with Crippen LogP contribution in [0.15, 0.2) is 30.3 Å². The molecular formula is C10H10O2. The smallest absolute Gasteiger partial charge is 0.194 e. The highest BCUT2D eigenvalue weighted by Crippen LogP contribution is 2.24. The molecule has 2 nitrogen and oxygen atoms in total. The highest BCUT2D eigenvalue weighted by molar-refractivity contribution is 6.01. The van der Waals surface area contributed by atoms with Gasteiger partial charge in [-0.25, -0.2) is 0 Å². The van der Waals surface area contributed by atoms with Crippen LogP contribution in [0.1, 0.15) is 17.3 Å². The van der Waals surface area contributed by atoms with Gasteiger partial charge in [0.15, 0.2) is 5.78 Å². The van der Waals surface area contributed by atoms with Crippen molar-refractivity contribution in [1.82, 2.24) is 0 Å². The molecule has 0 spiro atoms. The van der Waals surface area contributed by atoms with E-state index in [0.717, 1.165) is 5.56 Å². The van der Waals surface area contributed by atoms with Gasteiger partial charge in [-0.2, -0.15) is 0 Å². The van der Waals surface area contributed by atoms with E-state index in [1.54, 1.807) is 0 Å². The zero-order valence-electron chi connectivity index (χ0n) is 6.86. The Labute approximate surface area is 71.2 Å². The Morgan fingerprint density at radius 2 is 1.92 bits per heavy atom. The van der Waals surface area contributed by atoms with Crippen LogP contribution < -0.4 is 0 Å². The van der Waals surface area contributed by atoms with Gasteiger partial charge in [0.25, 0.3) is 0 Å². The monoisotopic (exact) mass is 162 g/mol. The van der Waals surface area contributed by atoms with Crippen LogP contribution in [0.2, 0.25) is 0 Å². The molecule has 2 rings (SSSR count). The van der Waals surface area contributed by atoms with Gasteiger partial charge in [-0.15, -0.1) is 0 Å². The SMILES string of the molecule is C[C@H]1O[C@H]1C(=O)c1ccccc1. The van der Waals surface area contributed by atoms with Gasteiger partial charge in [0, 0.05) is 5.56 Å². The summed E-state index contributed by atoms with van der Waals surface area (Å²) in [5.74, 6) is 0.100. The molecule has 0 aliphatic carbocycles. The fourth-order valence-electron chi connectivity index (χ4n) is 1.23. The van der Waals surface area contributed by atoms with Crippen LogP contribution in [0.5, 0.6) is 0 Å². The van der Waals surface area contributed by atoms with Crippen molar-refractivity contribution in [2.75, 3.05) is 0 Å². The topological polar surface area (TPSA) is 29.6 Å². The molecule has 0 saturated carbocycles. The fraction of sp³-hybridized carbons (Fsp3) is 0.300. The lowest BCUT2D eigenvalue weighted by molar-refractivity contribution is 0.0953. The second kappa shape index (κ2) is 2.72. The first kappa shape index (κ1) is 7.50. The van der Waals surface area contributed by atoms with Gasteiger partial charge in [0.05, 0.1) is 6.10 Å². The lowest BCUT2D eigenvalue weighted by Gasteiger charge is -1.94. The van der Waals surface area contributed by atoms with Crippen LogP contribution >= 0.6 is 0 Å². The van der Waals surface area contributed by atoms with Crippen LogP contribution in [0.4, 0.5) is 0 Å². The predicted octanol–water partition coefficient (Wildman–Crippen LogP) is 1.66. The number of carbonyl (C=O) groups is 1. The van der Waals surface area contributed by atoms with E-state index in [0.29, 0.717) is 0 Å². The standard InChI is InChI=1S/C10H10O2/c1-7-10(12-7)9(11)8-5-3-2-4-6-8/h2-7,10H,1H3/t7-,10-/m1/s1. The molecule has 1 saturated heterocycles. The quantitative estimate of drug-likeness (QED) is 0.489. The minimum absolute atomic E-state index is 0.100. The molecule has 0 amide bonds. The molecule has 1 aliphatic rings. The van der Waals surface area contributed by atoms with Gasteiger partial charge < -0.3 is 4.74 Å². The minimum Gasteiger partial charge on any atom is -0.361 e. The summed E-state index contributed by atoms with van der Waals surface area (Å²) in [4.78, 5) is 11.5. The van der Waals surface area contributed by atoms with E-state index < -0.39 is 0 Å². The number of epoxide rings is 1. The zero-order valence-corrected chi connectivity index (χ0v) is 6.86. The van der Waals surface area contributed by atoms with Gasteiger partial charge in [0.1, 0.15) is 6.10 Å². The second-order valence-electron chi connectivity index (χ2n) is 2.99. The molecule has 1 aliphatic heterocycles. The van der Waals surface area contributed by atoms with Crippen molar-refractivity contribution in [2.45, 2.75) is 19.1 Å². The van der Waals surface area contributed by atoms with Crippen molar-refractivity contribution in [3.63, 3.8) is 0 Å². The molecule has 2 heteroatoms. The first-order valence-corrected chi connectivity index (χ1v) is 4.04. The van der Waals surface area contributed by atoms with Crippen molar-refractivity contribution in [1.29, 1.82) is 0 Å². The van der Waals surface area contributed by atoms with Crippen molar-refractivity contribution in [3.8, 4) is 0 Å². The van der Waals surface area contributed by atoms with Crippen LogP contribution in [-0.4, -0.2) is 18.0 Å². The van der Waals surface area contributed by atoms with E-state index >= 15 is 0 Å². The number of Topliss-reactive ketones (excluding diaryl/α,β-unsaturated/α-hetero) is 1. The van der Waals surface area contributed by atoms with Crippen molar-refractivity contribution in [3.05, 3.63) is 35.9 Å². The highest BCUT2D eigenvalue weighted by atomic mass is 16.6. The number of ether oxygens (including phenoxy) is 1. The van der Waals surface area contributed by atoms with Crippen LogP contribution in [0.25, 0.3) is 0 Å². The molecular weight excluding hydrogens is 152 g/mol. The molecule has 12 heavy (non-hydrogen) atoms. The fourth-order valence-corrected chi connectivity index (χ4v) is 1.23. The van der Waals surface area contributed by atoms with Gasteiger partial charge in [-0.05, 0) is 6.92 Å². The van der Waals surface area contributed by atoms with E-state index in [1.807, 2.05) is 37.3 Å². The molecule has 1 aromatic carbocycles. The summed E-state index contributed by atoms with van der Waals surface area (Å²) in [7, 11) is 0. The number of hydrogen-bond donors (Lipinski definition) is 0. The maximum Gasteiger partial charge on any atom is 0.194 e. The van der Waals surface area contributed by atoms with E-state index in [1.165, 1.54) is 0 Å². The summed E-state index contributed by atoms with van der Waals surface area (Å²) < 4.78 is 5.08. The Bertz CT molecular complexity index is 292. The summed E-state index contributed by atoms with van der Waals surface area (Å²) in [5.41, 5.74) is 0.742. The average Bonchev–Trinajstić information content (AvgIpc) is 2.83. The van der Waals surface area contributed by atoms with Crippen LogP contribution in [0, 0.1) is 0 Å². The van der Waals surface area contributed by atoms with Gasteiger partial charge in [0.2, 0.25) is 0 Å². The minimum atomic E-state index is -0.188. The van der Waals surface area contributed by atoms with Gasteiger partial charge in [-0.3, -0.25) is 4.79 Å². The van der Waals surface area contributed by atoms with Crippen molar-refractivity contribution < 1.29 is 9.53 Å². The maximum absolute atomic E-state index is 11.5. The molecule has 1 heterocycles. The summed E-state index contributed by atoms with van der Waals surface area (Å²) in [6.07, 6.45) is -0.0786. The highest BCUT2D eigenvalue weighted by Gasteiger charge is 2.41. The molecule has 0 N–H and O–H groups in total. The van der Waals surface area contributed by atoms with Gasteiger partial charge in [-0.1, -0.05) is 30.3 Å².